The van der Waals surface area contributed by atoms with Gasteiger partial charge in [-0.2, -0.15) is 4.98 Å². The third-order valence-electron chi connectivity index (χ3n) is 2.77. The van der Waals surface area contributed by atoms with Gasteiger partial charge in [-0.3, -0.25) is 4.79 Å². The SMILES string of the molecule is CCOC(=O)c1nc2c(=O)[nH]c3cc(N)ccc3n2n1. The van der Waals surface area contributed by atoms with Gasteiger partial charge in [0.1, 0.15) is 0 Å². The Bertz CT molecular complexity index is 880. The van der Waals surface area contributed by atoms with Gasteiger partial charge in [-0.1, -0.05) is 0 Å². The van der Waals surface area contributed by atoms with Crippen LogP contribution in [-0.4, -0.2) is 32.2 Å². The number of nitrogens with zero attached hydrogens (tertiary/aromatic N) is 3. The summed E-state index contributed by atoms with van der Waals surface area (Å²) in [7, 11) is 0. The van der Waals surface area contributed by atoms with E-state index in [1.165, 1.54) is 4.52 Å². The molecular weight excluding hydrogens is 262 g/mol. The second-order valence-electron chi connectivity index (χ2n) is 4.12. The Balaban J connectivity index is 2.32. The Morgan fingerprint density at radius 3 is 3.05 bits per heavy atom. The van der Waals surface area contributed by atoms with Gasteiger partial charge in [0.05, 0.1) is 17.6 Å². The first-order valence-electron chi connectivity index (χ1n) is 5.95. The number of esters is 1. The fourth-order valence-corrected chi connectivity index (χ4v) is 1.93. The number of rotatable bonds is 2. The molecule has 3 rings (SSSR count). The normalized spacial score (nSPS) is 11.1. The summed E-state index contributed by atoms with van der Waals surface area (Å²) in [5, 5.41) is 4.02. The van der Waals surface area contributed by atoms with Gasteiger partial charge in [0.25, 0.3) is 11.4 Å². The first-order valence-corrected chi connectivity index (χ1v) is 5.95. The highest BCUT2D eigenvalue weighted by Gasteiger charge is 2.17. The number of ether oxygens (including phenoxy) is 1. The van der Waals surface area contributed by atoms with Crippen LogP contribution >= 0.6 is 0 Å². The zero-order valence-electron chi connectivity index (χ0n) is 10.6. The molecule has 2 aromatic heterocycles. The predicted octanol–water partition coefficient (Wildman–Crippen LogP) is 0.330. The average Bonchev–Trinajstić information content (AvgIpc) is 2.84. The lowest BCUT2D eigenvalue weighted by atomic mass is 10.2. The number of nitrogens with two attached hydrogens (primary N) is 1. The van der Waals surface area contributed by atoms with Crippen molar-refractivity contribution < 1.29 is 9.53 Å². The van der Waals surface area contributed by atoms with Crippen molar-refractivity contribution in [2.24, 2.45) is 0 Å². The van der Waals surface area contributed by atoms with Gasteiger partial charge in [0.2, 0.25) is 5.65 Å². The van der Waals surface area contributed by atoms with Crippen LogP contribution in [0.5, 0.6) is 0 Å². The molecule has 3 N–H and O–H groups in total. The van der Waals surface area contributed by atoms with Crippen LogP contribution in [0.4, 0.5) is 5.69 Å². The third kappa shape index (κ3) is 1.78. The molecule has 0 radical (unpaired) electrons. The number of aromatic nitrogens is 4. The first kappa shape index (κ1) is 12.2. The smallest absolute Gasteiger partial charge is 0.378 e. The van der Waals surface area contributed by atoms with E-state index in [0.717, 1.165) is 0 Å². The van der Waals surface area contributed by atoms with Crippen molar-refractivity contribution in [3.8, 4) is 0 Å². The number of aromatic amines is 1. The molecule has 102 valence electrons. The Hall–Kier alpha value is -2.90. The van der Waals surface area contributed by atoms with Crippen LogP contribution in [0.15, 0.2) is 23.0 Å². The van der Waals surface area contributed by atoms with Crippen LogP contribution in [0, 0.1) is 0 Å². The van der Waals surface area contributed by atoms with E-state index >= 15 is 0 Å². The highest BCUT2D eigenvalue weighted by Crippen LogP contribution is 2.14. The monoisotopic (exact) mass is 273 g/mol. The van der Waals surface area contributed by atoms with Crippen LogP contribution in [0.25, 0.3) is 16.7 Å². The molecule has 3 aromatic rings. The Morgan fingerprint density at radius 1 is 1.50 bits per heavy atom. The van der Waals surface area contributed by atoms with Gasteiger partial charge >= 0.3 is 5.97 Å². The molecule has 0 saturated carbocycles. The Labute approximate surface area is 112 Å². The maximum absolute atomic E-state index is 11.9. The van der Waals surface area contributed by atoms with Crippen molar-refractivity contribution in [1.29, 1.82) is 0 Å². The quantitative estimate of drug-likeness (QED) is 0.513. The van der Waals surface area contributed by atoms with Crippen molar-refractivity contribution >= 4 is 28.3 Å². The van der Waals surface area contributed by atoms with E-state index in [1.807, 2.05) is 0 Å². The number of benzene rings is 1. The second kappa shape index (κ2) is 4.34. The summed E-state index contributed by atoms with van der Waals surface area (Å²) in [6.07, 6.45) is 0. The predicted molar refractivity (Wildman–Crippen MR) is 71.5 cm³/mol. The molecule has 2 heterocycles. The van der Waals surface area contributed by atoms with Crippen LogP contribution in [0.3, 0.4) is 0 Å². The molecule has 0 amide bonds. The number of fused-ring (bicyclic) bond motifs is 3. The molecular formula is C12H11N5O3. The first-order chi connectivity index (χ1) is 9.60. The molecule has 20 heavy (non-hydrogen) atoms. The number of hydrogen-bond acceptors (Lipinski definition) is 6. The summed E-state index contributed by atoms with van der Waals surface area (Å²) in [5.74, 6) is -0.819. The number of hydrogen-bond donors (Lipinski definition) is 2. The van der Waals surface area contributed by atoms with Crippen molar-refractivity contribution in [2.75, 3.05) is 12.3 Å². The molecule has 0 fully saturated rings. The maximum atomic E-state index is 11.9. The molecule has 0 aliphatic heterocycles. The van der Waals surface area contributed by atoms with Crippen LogP contribution in [-0.2, 0) is 4.74 Å². The lowest BCUT2D eigenvalue weighted by molar-refractivity contribution is 0.0512. The zero-order valence-corrected chi connectivity index (χ0v) is 10.6. The van der Waals surface area contributed by atoms with Crippen LogP contribution in [0.1, 0.15) is 17.5 Å². The van der Waals surface area contributed by atoms with E-state index in [4.69, 9.17) is 10.5 Å². The van der Waals surface area contributed by atoms with Crippen LogP contribution < -0.4 is 11.3 Å². The van der Waals surface area contributed by atoms with E-state index in [9.17, 15) is 9.59 Å². The standard InChI is InChI=1S/C12H11N5O3/c1-2-20-12(19)9-15-10-11(18)14-7-5-6(13)3-4-8(7)17(10)16-9/h3-5H,2,13H2,1H3,(H,14,18). The van der Waals surface area contributed by atoms with Crippen LogP contribution in [0.2, 0.25) is 0 Å². The fraction of sp³-hybridized carbons (Fsp3) is 0.167. The van der Waals surface area contributed by atoms with E-state index < -0.39 is 11.5 Å². The summed E-state index contributed by atoms with van der Waals surface area (Å²) in [6.45, 7) is 1.89. The molecule has 0 bridgehead atoms. The van der Waals surface area contributed by atoms with Gasteiger partial charge in [0.15, 0.2) is 0 Å². The number of carbonyl (C=O) groups is 1. The number of carbonyl (C=O) groups excluding carboxylic acids is 1. The summed E-state index contributed by atoms with van der Waals surface area (Å²) < 4.78 is 6.12. The van der Waals surface area contributed by atoms with Crippen molar-refractivity contribution in [3.63, 3.8) is 0 Å². The second-order valence-corrected chi connectivity index (χ2v) is 4.12. The topological polar surface area (TPSA) is 115 Å². The third-order valence-corrected chi connectivity index (χ3v) is 2.77. The summed E-state index contributed by atoms with van der Waals surface area (Å²) in [4.78, 5) is 30.1. The number of anilines is 1. The highest BCUT2D eigenvalue weighted by atomic mass is 16.5. The number of H-pyrrole nitrogens is 1. The highest BCUT2D eigenvalue weighted by molar-refractivity contribution is 5.87. The maximum Gasteiger partial charge on any atom is 0.378 e. The van der Waals surface area contributed by atoms with Crippen molar-refractivity contribution in [2.45, 2.75) is 6.92 Å². The summed E-state index contributed by atoms with van der Waals surface area (Å²) in [5.41, 5.74) is 6.87. The molecule has 8 heteroatoms. The minimum atomic E-state index is -0.667. The summed E-state index contributed by atoms with van der Waals surface area (Å²) in [6, 6.07) is 4.98. The Kier molecular flexibility index (Phi) is 2.63. The molecule has 0 unspecified atom stereocenters. The lowest BCUT2D eigenvalue weighted by Gasteiger charge is -2.00. The van der Waals surface area contributed by atoms with Crippen molar-refractivity contribution in [3.05, 3.63) is 34.4 Å². The van der Waals surface area contributed by atoms with E-state index in [-0.39, 0.29) is 18.1 Å². The number of nitrogens with one attached hydrogen (secondary N) is 1. The minimum absolute atomic E-state index is 0.0327. The Morgan fingerprint density at radius 2 is 2.30 bits per heavy atom. The fourth-order valence-electron chi connectivity index (χ4n) is 1.93. The minimum Gasteiger partial charge on any atom is -0.460 e. The van der Waals surface area contributed by atoms with Gasteiger partial charge in [-0.15, -0.1) is 5.10 Å². The molecule has 8 nitrogen and oxygen atoms in total. The molecule has 0 saturated heterocycles. The largest absolute Gasteiger partial charge is 0.460 e. The lowest BCUT2D eigenvalue weighted by Crippen LogP contribution is -2.11. The molecule has 0 spiro atoms. The summed E-state index contributed by atoms with van der Waals surface area (Å²) >= 11 is 0. The van der Waals surface area contributed by atoms with E-state index in [1.54, 1.807) is 25.1 Å². The molecule has 1 aromatic carbocycles. The molecule has 0 aliphatic rings. The van der Waals surface area contributed by atoms with Gasteiger partial charge in [-0.05, 0) is 25.1 Å². The van der Waals surface area contributed by atoms with E-state index in [0.29, 0.717) is 16.7 Å². The zero-order chi connectivity index (χ0) is 14.3. The van der Waals surface area contributed by atoms with Gasteiger partial charge in [0, 0.05) is 5.69 Å². The van der Waals surface area contributed by atoms with Gasteiger partial charge in [-0.25, -0.2) is 9.31 Å². The van der Waals surface area contributed by atoms with Crippen molar-refractivity contribution in [1.82, 2.24) is 19.6 Å². The average molecular weight is 273 g/mol. The molecule has 0 aliphatic carbocycles. The van der Waals surface area contributed by atoms with Gasteiger partial charge < -0.3 is 15.5 Å². The van der Waals surface area contributed by atoms with E-state index in [2.05, 4.69) is 15.1 Å². The molecule has 0 atom stereocenters. The number of nitrogen functional groups attached to an aromatic ring is 1.